The minimum absolute atomic E-state index is 0.419. The van der Waals surface area contributed by atoms with Crippen LogP contribution < -0.4 is 0 Å². The Hall–Kier alpha value is -3.96. The van der Waals surface area contributed by atoms with Crippen molar-refractivity contribution in [2.75, 3.05) is 26.4 Å². The van der Waals surface area contributed by atoms with E-state index in [1.165, 1.54) is 103 Å². The summed E-state index contributed by atoms with van der Waals surface area (Å²) in [6, 6.07) is 0. The quantitative estimate of drug-likeness (QED) is 0.0273. The number of hydrogen-bond acceptors (Lipinski definition) is 10. The highest BCUT2D eigenvalue weighted by molar-refractivity contribution is 5.92. The normalized spacial score (nSPS) is 10.7. The third kappa shape index (κ3) is 54.4. The molecule has 2 N–H and O–H groups in total. The van der Waals surface area contributed by atoms with Gasteiger partial charge in [0.2, 0.25) is 0 Å². The standard InChI is InChI=1S/2C20H36O4.C4H4O4/c2*1-3-5-7-9-11-13-17-23-19(21)15-16-20(22)24-18-14-12-10-8-6-4-2;5-3(6)1-2-4(7)8/h2*15-16H,3-14,17-18H2,1-2H3;1-2H,(H,5,6)(H,7,8)/b2*16-15+;2-1+. The van der Waals surface area contributed by atoms with Gasteiger partial charge in [0.15, 0.2) is 0 Å². The maximum absolute atomic E-state index is 11.4. The number of carbonyl (C=O) groups is 6. The number of esters is 4. The first-order chi connectivity index (χ1) is 27.0. The van der Waals surface area contributed by atoms with Crippen LogP contribution in [0.3, 0.4) is 0 Å². The van der Waals surface area contributed by atoms with Crippen LogP contribution in [0, 0.1) is 0 Å². The highest BCUT2D eigenvalue weighted by atomic mass is 16.5. The lowest BCUT2D eigenvalue weighted by atomic mass is 10.1. The SMILES string of the molecule is CCCCCCCCOC(=O)/C=C/C(=O)OCCCCCCCC.CCCCCCCCOC(=O)/C=C/C(=O)OCCCCCCCC.O=C(O)/C=C/C(=O)O. The van der Waals surface area contributed by atoms with Crippen molar-refractivity contribution in [3.63, 3.8) is 0 Å². The van der Waals surface area contributed by atoms with Gasteiger partial charge in [0, 0.05) is 36.5 Å². The molecule has 0 aliphatic carbocycles. The van der Waals surface area contributed by atoms with Crippen LogP contribution >= 0.6 is 0 Å². The first kappa shape index (κ1) is 56.4. The van der Waals surface area contributed by atoms with Gasteiger partial charge in [-0.1, -0.05) is 156 Å². The number of carbonyl (C=O) groups excluding carboxylic acids is 4. The molecule has 0 heterocycles. The van der Waals surface area contributed by atoms with Gasteiger partial charge < -0.3 is 29.2 Å². The monoisotopic (exact) mass is 797 g/mol. The van der Waals surface area contributed by atoms with Crippen LogP contribution in [0.15, 0.2) is 36.5 Å². The Morgan fingerprint density at radius 2 is 0.482 bits per heavy atom. The number of unbranched alkanes of at least 4 members (excludes halogenated alkanes) is 20. The highest BCUT2D eigenvalue weighted by Crippen LogP contribution is 2.08. The topological polar surface area (TPSA) is 180 Å². The summed E-state index contributed by atoms with van der Waals surface area (Å²) in [5.74, 6) is -4.40. The molecule has 0 unspecified atom stereocenters. The van der Waals surface area contributed by atoms with Gasteiger partial charge in [-0.25, -0.2) is 28.8 Å². The number of carboxylic acid groups (broad SMARTS) is 2. The molecule has 324 valence electrons. The summed E-state index contributed by atoms with van der Waals surface area (Å²) in [5.41, 5.74) is 0. The van der Waals surface area contributed by atoms with E-state index in [1.54, 1.807) is 0 Å². The van der Waals surface area contributed by atoms with Crippen molar-refractivity contribution in [2.45, 2.75) is 182 Å². The predicted octanol–water partition coefficient (Wildman–Crippen LogP) is 10.4. The summed E-state index contributed by atoms with van der Waals surface area (Å²) in [4.78, 5) is 64.9. The number of hydrogen-bond donors (Lipinski definition) is 2. The Morgan fingerprint density at radius 3 is 0.661 bits per heavy atom. The van der Waals surface area contributed by atoms with E-state index in [1.807, 2.05) is 0 Å². The summed E-state index contributed by atoms with van der Waals surface area (Å²) in [7, 11) is 0. The molecular weight excluding hydrogens is 720 g/mol. The van der Waals surface area contributed by atoms with Gasteiger partial charge in [-0.2, -0.15) is 0 Å². The molecule has 0 radical (unpaired) electrons. The average Bonchev–Trinajstić information content (AvgIpc) is 3.17. The van der Waals surface area contributed by atoms with E-state index in [2.05, 4.69) is 27.7 Å². The first-order valence-electron chi connectivity index (χ1n) is 21.2. The van der Waals surface area contributed by atoms with Crippen LogP contribution in [-0.2, 0) is 47.7 Å². The lowest BCUT2D eigenvalue weighted by Gasteiger charge is -2.03. The molecule has 0 atom stereocenters. The summed E-state index contributed by atoms with van der Waals surface area (Å²) in [6.45, 7) is 10.4. The first-order valence-corrected chi connectivity index (χ1v) is 21.2. The zero-order chi connectivity index (χ0) is 42.3. The van der Waals surface area contributed by atoms with Crippen LogP contribution in [0.5, 0.6) is 0 Å². The molecule has 0 aliphatic rings. The van der Waals surface area contributed by atoms with E-state index in [9.17, 15) is 28.8 Å². The molecule has 0 aromatic heterocycles. The second-order valence-electron chi connectivity index (χ2n) is 13.4. The van der Waals surface area contributed by atoms with Gasteiger partial charge in [-0.15, -0.1) is 0 Å². The fraction of sp³-hybridized carbons (Fsp3) is 0.727. The van der Waals surface area contributed by atoms with Gasteiger partial charge in [-0.05, 0) is 25.7 Å². The zero-order valence-electron chi connectivity index (χ0n) is 35.2. The molecule has 12 heteroatoms. The van der Waals surface area contributed by atoms with E-state index in [0.717, 1.165) is 75.7 Å². The molecule has 0 aromatic rings. The van der Waals surface area contributed by atoms with Crippen molar-refractivity contribution in [1.82, 2.24) is 0 Å². The zero-order valence-corrected chi connectivity index (χ0v) is 35.2. The van der Waals surface area contributed by atoms with E-state index in [0.29, 0.717) is 38.6 Å². The second kappa shape index (κ2) is 47.2. The average molecular weight is 797 g/mol. The minimum Gasteiger partial charge on any atom is -0.478 e. The molecule has 0 bridgehead atoms. The summed E-state index contributed by atoms with van der Waals surface area (Å²) < 4.78 is 20.2. The summed E-state index contributed by atoms with van der Waals surface area (Å²) in [6.07, 6.45) is 33.3. The van der Waals surface area contributed by atoms with Crippen LogP contribution in [0.4, 0.5) is 0 Å². The fourth-order valence-corrected chi connectivity index (χ4v) is 4.83. The Labute approximate surface area is 337 Å². The molecule has 0 saturated heterocycles. The fourth-order valence-electron chi connectivity index (χ4n) is 4.83. The van der Waals surface area contributed by atoms with Gasteiger partial charge in [0.05, 0.1) is 26.4 Å². The third-order valence-electron chi connectivity index (χ3n) is 8.05. The van der Waals surface area contributed by atoms with Gasteiger partial charge in [-0.3, -0.25) is 0 Å². The van der Waals surface area contributed by atoms with Crippen molar-refractivity contribution in [1.29, 1.82) is 0 Å². The van der Waals surface area contributed by atoms with Crippen LogP contribution in [0.25, 0.3) is 0 Å². The molecule has 56 heavy (non-hydrogen) atoms. The Bertz CT molecular complexity index is 918. The maximum atomic E-state index is 11.4. The van der Waals surface area contributed by atoms with Crippen molar-refractivity contribution in [2.24, 2.45) is 0 Å². The van der Waals surface area contributed by atoms with E-state index >= 15 is 0 Å². The smallest absolute Gasteiger partial charge is 0.331 e. The largest absolute Gasteiger partial charge is 0.478 e. The predicted molar refractivity (Wildman–Crippen MR) is 220 cm³/mol. The molecule has 0 amide bonds. The number of aliphatic carboxylic acids is 2. The lowest BCUT2D eigenvalue weighted by molar-refractivity contribution is -0.140. The molecule has 0 aromatic carbocycles. The maximum Gasteiger partial charge on any atom is 0.331 e. The molecule has 0 rings (SSSR count). The second-order valence-corrected chi connectivity index (χ2v) is 13.4. The molecule has 0 saturated carbocycles. The van der Waals surface area contributed by atoms with Crippen molar-refractivity contribution < 1.29 is 57.9 Å². The van der Waals surface area contributed by atoms with E-state index in [-0.39, 0.29) is 0 Å². The molecule has 0 aliphatic heterocycles. The third-order valence-corrected chi connectivity index (χ3v) is 8.05. The molecule has 0 fully saturated rings. The molecule has 12 nitrogen and oxygen atoms in total. The summed E-state index contributed by atoms with van der Waals surface area (Å²) >= 11 is 0. The molecular formula is C44H76O12. The van der Waals surface area contributed by atoms with E-state index in [4.69, 9.17) is 29.2 Å². The van der Waals surface area contributed by atoms with Gasteiger partial charge in [0.1, 0.15) is 0 Å². The van der Waals surface area contributed by atoms with Crippen molar-refractivity contribution in [3.05, 3.63) is 36.5 Å². The Morgan fingerprint density at radius 1 is 0.304 bits per heavy atom. The van der Waals surface area contributed by atoms with Crippen LogP contribution in [0.1, 0.15) is 182 Å². The number of rotatable bonds is 34. The van der Waals surface area contributed by atoms with Gasteiger partial charge >= 0.3 is 35.8 Å². The number of ether oxygens (including phenoxy) is 4. The Balaban J connectivity index is -0.000000839. The van der Waals surface area contributed by atoms with Crippen LogP contribution in [0.2, 0.25) is 0 Å². The Kier molecular flexibility index (Phi) is 47.5. The van der Waals surface area contributed by atoms with Crippen LogP contribution in [-0.4, -0.2) is 72.5 Å². The minimum atomic E-state index is -1.26. The molecule has 0 spiro atoms. The highest BCUT2D eigenvalue weighted by Gasteiger charge is 2.03. The van der Waals surface area contributed by atoms with E-state index < -0.39 is 35.8 Å². The summed E-state index contributed by atoms with van der Waals surface area (Å²) in [5, 5.41) is 15.6. The van der Waals surface area contributed by atoms with Crippen molar-refractivity contribution >= 4 is 35.8 Å². The number of carboxylic acids is 2. The van der Waals surface area contributed by atoms with Crippen molar-refractivity contribution in [3.8, 4) is 0 Å². The van der Waals surface area contributed by atoms with Gasteiger partial charge in [0.25, 0.3) is 0 Å². The lowest BCUT2D eigenvalue weighted by Crippen LogP contribution is -2.06.